The Kier molecular flexibility index (Phi) is 5.91. The Morgan fingerprint density at radius 3 is 2.35 bits per heavy atom. The number of thioether (sulfide) groups is 1. The lowest BCUT2D eigenvalue weighted by atomic mass is 9.76. The number of nitrogens with one attached hydrogen (secondary N) is 1. The van der Waals surface area contributed by atoms with Crippen LogP contribution in [0.15, 0.2) is 58.4 Å². The maximum atomic E-state index is 13.5. The van der Waals surface area contributed by atoms with Crippen molar-refractivity contribution < 1.29 is 24.4 Å². The van der Waals surface area contributed by atoms with Crippen molar-refractivity contribution in [2.75, 3.05) is 10.2 Å². The highest BCUT2D eigenvalue weighted by Crippen LogP contribution is 2.54. The third-order valence-electron chi connectivity index (χ3n) is 6.47. The van der Waals surface area contributed by atoms with Crippen molar-refractivity contribution in [2.45, 2.75) is 36.1 Å². The number of aromatic hydroxyl groups is 1. The van der Waals surface area contributed by atoms with Crippen LogP contribution in [0.1, 0.15) is 18.7 Å². The first-order valence-electron chi connectivity index (χ1n) is 11.1. The predicted molar refractivity (Wildman–Crippen MR) is 137 cm³/mol. The third kappa shape index (κ3) is 4.09. The average molecular weight is 541 g/mol. The van der Waals surface area contributed by atoms with Crippen LogP contribution in [0.5, 0.6) is 5.75 Å². The van der Waals surface area contributed by atoms with Gasteiger partial charge in [0.1, 0.15) is 17.5 Å². The summed E-state index contributed by atoms with van der Waals surface area (Å²) in [5.74, 6) is -2.09. The maximum absolute atomic E-state index is 13.5. The van der Waals surface area contributed by atoms with Gasteiger partial charge in [-0.25, -0.2) is 4.90 Å². The van der Waals surface area contributed by atoms with Crippen LogP contribution >= 0.6 is 23.1 Å². The predicted octanol–water partition coefficient (Wildman–Crippen LogP) is 3.10. The van der Waals surface area contributed by atoms with E-state index in [1.807, 2.05) is 0 Å². The van der Waals surface area contributed by atoms with Gasteiger partial charge in [0.05, 0.1) is 21.6 Å². The summed E-state index contributed by atoms with van der Waals surface area (Å²) in [5.41, 5.74) is -0.355. The van der Waals surface area contributed by atoms with E-state index in [9.17, 15) is 34.4 Å². The number of amides is 3. The normalized spacial score (nSPS) is 19.9. The Morgan fingerprint density at radius 1 is 1.08 bits per heavy atom. The van der Waals surface area contributed by atoms with E-state index in [-0.39, 0.29) is 28.5 Å². The molecule has 5 rings (SSSR count). The fourth-order valence-electron chi connectivity index (χ4n) is 4.63. The first kappa shape index (κ1) is 24.7. The molecule has 2 N–H and O–H groups in total. The number of anilines is 2. The van der Waals surface area contributed by atoms with Crippen LogP contribution in [0.4, 0.5) is 17.1 Å². The highest BCUT2D eigenvalue weighted by molar-refractivity contribution is 8.00. The number of fused-ring (bicyclic) bond motifs is 2. The number of hydrogen-bond acceptors (Lipinski definition) is 9. The van der Waals surface area contributed by atoms with Gasteiger partial charge in [-0.05, 0) is 36.4 Å². The van der Waals surface area contributed by atoms with Crippen LogP contribution in [0.25, 0.3) is 0 Å². The average Bonchev–Trinajstić information content (AvgIpc) is 3.29. The number of phenolic OH excluding ortho intramolecular Hbond substituents is 1. The minimum atomic E-state index is -0.879. The number of nitrogens with zero attached hydrogens (tertiary/aromatic N) is 3. The number of rotatable bonds is 5. The van der Waals surface area contributed by atoms with Crippen LogP contribution in [-0.2, 0) is 26.3 Å². The first-order valence-corrected chi connectivity index (χ1v) is 12.8. The smallest absolute Gasteiger partial charge is 0.308 e. The number of nitro groups is 1. The van der Waals surface area contributed by atoms with Crippen molar-refractivity contribution in [3.05, 3.63) is 73.2 Å². The molecule has 1 saturated heterocycles. The summed E-state index contributed by atoms with van der Waals surface area (Å²) in [7, 11) is 0. The molecule has 3 heterocycles. The van der Waals surface area contributed by atoms with E-state index in [4.69, 9.17) is 0 Å². The molecule has 2 aliphatic rings. The molecular weight excluding hydrogens is 520 g/mol. The van der Waals surface area contributed by atoms with Crippen molar-refractivity contribution in [1.82, 2.24) is 4.57 Å². The number of benzene rings is 2. The number of thiazole rings is 1. The van der Waals surface area contributed by atoms with Crippen LogP contribution in [0.3, 0.4) is 0 Å². The minimum Gasteiger partial charge on any atom is -0.508 e. The third-order valence-corrected chi connectivity index (χ3v) is 9.30. The van der Waals surface area contributed by atoms with Gasteiger partial charge in [-0.15, -0.1) is 0 Å². The first-order chi connectivity index (χ1) is 17.5. The molecule has 13 heteroatoms. The minimum absolute atomic E-state index is 0.0489. The van der Waals surface area contributed by atoms with E-state index >= 15 is 0 Å². The molecule has 0 spiro atoms. The molecule has 11 nitrogen and oxygen atoms in total. The molecule has 190 valence electrons. The zero-order valence-electron chi connectivity index (χ0n) is 19.5. The van der Waals surface area contributed by atoms with Gasteiger partial charge in [-0.2, -0.15) is 0 Å². The van der Waals surface area contributed by atoms with Crippen LogP contribution in [0, 0.1) is 16.0 Å². The van der Waals surface area contributed by atoms with Gasteiger partial charge in [0.15, 0.2) is 0 Å². The van der Waals surface area contributed by atoms with Gasteiger partial charge in [-0.3, -0.25) is 33.9 Å². The summed E-state index contributed by atoms with van der Waals surface area (Å²) in [6.45, 7) is 3.30. The SMILES string of the molecule is CC1(C)c2sc(=O)n(CC(=O)Nc3ccc(O)cc3)c2SC2C(=O)N(c3ccc([N+](=O)[O-])cc3)C(=O)C21. The molecule has 2 atom stereocenters. The van der Waals surface area contributed by atoms with Gasteiger partial charge >= 0.3 is 4.87 Å². The van der Waals surface area contributed by atoms with Crippen LogP contribution in [0.2, 0.25) is 0 Å². The molecule has 37 heavy (non-hydrogen) atoms. The molecule has 3 amide bonds. The number of nitro benzene ring substituents is 1. The second kappa shape index (κ2) is 8.85. The van der Waals surface area contributed by atoms with Crippen molar-refractivity contribution in [3.8, 4) is 5.75 Å². The molecule has 0 aliphatic carbocycles. The molecular formula is C24H20N4O7S2. The Balaban J connectivity index is 1.45. The number of carbonyl (C=O) groups excluding carboxylic acids is 3. The Labute approximate surface area is 217 Å². The Hall–Kier alpha value is -3.97. The van der Waals surface area contributed by atoms with Gasteiger partial charge < -0.3 is 10.4 Å². The zero-order chi connectivity index (χ0) is 26.6. The molecule has 2 unspecified atom stereocenters. The van der Waals surface area contributed by atoms with Crippen molar-refractivity contribution in [3.63, 3.8) is 0 Å². The van der Waals surface area contributed by atoms with E-state index in [1.165, 1.54) is 53.1 Å². The fraction of sp³-hybridized carbons (Fsp3) is 0.250. The molecule has 0 bridgehead atoms. The lowest BCUT2D eigenvalue weighted by Gasteiger charge is -2.36. The number of non-ortho nitro benzene ring substituents is 1. The summed E-state index contributed by atoms with van der Waals surface area (Å²) >= 11 is 2.03. The Bertz CT molecular complexity index is 1510. The second-order valence-corrected chi connectivity index (χ2v) is 11.3. The number of hydrogen-bond donors (Lipinski definition) is 2. The Morgan fingerprint density at radius 2 is 1.73 bits per heavy atom. The quantitative estimate of drug-likeness (QED) is 0.217. The maximum Gasteiger partial charge on any atom is 0.308 e. The number of imide groups is 1. The highest BCUT2D eigenvalue weighted by atomic mass is 32.2. The fourth-order valence-corrected chi connectivity index (χ4v) is 7.67. The zero-order valence-corrected chi connectivity index (χ0v) is 21.2. The number of carbonyl (C=O) groups is 3. The van der Waals surface area contributed by atoms with E-state index < -0.39 is 39.2 Å². The lowest BCUT2D eigenvalue weighted by Crippen LogP contribution is -2.41. The topological polar surface area (TPSA) is 152 Å². The standard InChI is InChI=1S/C24H20N4O7S2/c1-24(2)17-18(21(32)27(20(17)31)13-5-7-14(8-6-13)28(34)35)36-22-19(24)37-23(33)26(22)11-16(30)25-12-3-9-15(29)10-4-12/h3-10,17-18,29H,11H2,1-2H3,(H,25,30). The number of aromatic nitrogens is 1. The summed E-state index contributed by atoms with van der Waals surface area (Å²) in [6.07, 6.45) is 0. The molecule has 0 saturated carbocycles. The highest BCUT2D eigenvalue weighted by Gasteiger charge is 2.59. The van der Waals surface area contributed by atoms with E-state index in [0.29, 0.717) is 15.6 Å². The second-order valence-electron chi connectivity index (χ2n) is 9.21. The molecule has 0 radical (unpaired) electrons. The molecule has 2 aromatic carbocycles. The summed E-state index contributed by atoms with van der Waals surface area (Å²) in [4.78, 5) is 64.3. The monoisotopic (exact) mass is 540 g/mol. The molecule has 1 fully saturated rings. The van der Waals surface area contributed by atoms with Crippen molar-refractivity contribution in [2.24, 2.45) is 5.92 Å². The summed E-state index contributed by atoms with van der Waals surface area (Å²) in [5, 5.41) is 22.7. The van der Waals surface area contributed by atoms with Crippen molar-refractivity contribution in [1.29, 1.82) is 0 Å². The molecule has 1 aromatic heterocycles. The summed E-state index contributed by atoms with van der Waals surface area (Å²) < 4.78 is 1.31. The largest absolute Gasteiger partial charge is 0.508 e. The van der Waals surface area contributed by atoms with E-state index in [1.54, 1.807) is 13.8 Å². The van der Waals surface area contributed by atoms with Crippen LogP contribution < -0.4 is 15.1 Å². The van der Waals surface area contributed by atoms with Crippen molar-refractivity contribution >= 4 is 57.9 Å². The molecule has 3 aromatic rings. The molecule has 2 aliphatic heterocycles. The lowest BCUT2D eigenvalue weighted by molar-refractivity contribution is -0.384. The van der Waals surface area contributed by atoms with E-state index in [2.05, 4.69) is 5.32 Å². The van der Waals surface area contributed by atoms with E-state index in [0.717, 1.165) is 28.0 Å². The van der Waals surface area contributed by atoms with Gasteiger partial charge in [-0.1, -0.05) is 36.9 Å². The van der Waals surface area contributed by atoms with Gasteiger partial charge in [0.2, 0.25) is 17.7 Å². The van der Waals surface area contributed by atoms with Gasteiger partial charge in [0.25, 0.3) is 5.69 Å². The number of phenols is 1. The van der Waals surface area contributed by atoms with Gasteiger partial charge in [0, 0.05) is 28.1 Å². The van der Waals surface area contributed by atoms with Crippen LogP contribution in [-0.4, -0.2) is 37.6 Å². The summed E-state index contributed by atoms with van der Waals surface area (Å²) in [6, 6.07) is 11.1.